The van der Waals surface area contributed by atoms with Crippen LogP contribution >= 0.6 is 0 Å². The number of aromatic nitrogens is 1. The molecule has 0 bridgehead atoms. The van der Waals surface area contributed by atoms with Crippen LogP contribution in [0.25, 0.3) is 10.9 Å². The number of hydrogen-bond acceptors (Lipinski definition) is 3. The van der Waals surface area contributed by atoms with Crippen LogP contribution in [0, 0.1) is 0 Å². The van der Waals surface area contributed by atoms with Gasteiger partial charge in [-0.15, -0.1) is 0 Å². The number of amides is 1. The lowest BCUT2D eigenvalue weighted by Crippen LogP contribution is -2.22. The van der Waals surface area contributed by atoms with Gasteiger partial charge in [-0.2, -0.15) is 5.10 Å². The molecule has 1 aromatic heterocycles. The average Bonchev–Trinajstić information content (AvgIpc) is 3.12. The van der Waals surface area contributed by atoms with E-state index < -0.39 is 0 Å². The van der Waals surface area contributed by atoms with Gasteiger partial charge in [0.05, 0.1) is 12.8 Å². The third kappa shape index (κ3) is 3.75. The lowest BCUT2D eigenvalue weighted by atomic mass is 10.0. The van der Waals surface area contributed by atoms with E-state index >= 15 is 0 Å². The molecule has 29 heavy (non-hydrogen) atoms. The predicted octanol–water partition coefficient (Wildman–Crippen LogP) is 4.37. The summed E-state index contributed by atoms with van der Waals surface area (Å²) in [4.78, 5) is 12.8. The Kier molecular flexibility index (Phi) is 5.12. The summed E-state index contributed by atoms with van der Waals surface area (Å²) in [6.45, 7) is 0. The molecule has 0 aliphatic rings. The molecule has 4 aromatic rings. The molecule has 0 fully saturated rings. The van der Waals surface area contributed by atoms with Gasteiger partial charge in [-0.3, -0.25) is 4.79 Å². The first-order chi connectivity index (χ1) is 14.2. The minimum Gasteiger partial charge on any atom is -0.497 e. The molecule has 3 aromatic carbocycles. The van der Waals surface area contributed by atoms with E-state index in [0.29, 0.717) is 11.4 Å². The van der Waals surface area contributed by atoms with E-state index in [4.69, 9.17) is 4.74 Å². The lowest BCUT2D eigenvalue weighted by Gasteiger charge is -2.09. The number of fused-ring (bicyclic) bond motifs is 1. The number of carbonyl (C=O) groups excluding carboxylic acids is 1. The highest BCUT2D eigenvalue weighted by atomic mass is 16.5. The van der Waals surface area contributed by atoms with E-state index in [1.54, 1.807) is 7.11 Å². The molecule has 1 heterocycles. The fraction of sp³-hybridized carbons (Fsp3) is 0.0833. The van der Waals surface area contributed by atoms with Gasteiger partial charge < -0.3 is 9.30 Å². The van der Waals surface area contributed by atoms with Gasteiger partial charge in [-0.05, 0) is 36.4 Å². The Morgan fingerprint density at radius 3 is 2.24 bits per heavy atom. The normalized spacial score (nSPS) is 11.4. The van der Waals surface area contributed by atoms with E-state index in [1.807, 2.05) is 96.5 Å². The zero-order chi connectivity index (χ0) is 20.2. The van der Waals surface area contributed by atoms with Crippen molar-refractivity contribution >= 4 is 22.5 Å². The molecule has 5 nitrogen and oxygen atoms in total. The monoisotopic (exact) mass is 383 g/mol. The first-order valence-corrected chi connectivity index (χ1v) is 9.29. The van der Waals surface area contributed by atoms with Gasteiger partial charge in [0.15, 0.2) is 0 Å². The van der Waals surface area contributed by atoms with Crippen molar-refractivity contribution in [2.75, 3.05) is 7.11 Å². The summed E-state index contributed by atoms with van der Waals surface area (Å²) in [5.41, 5.74) is 6.75. The molecule has 1 amide bonds. The molecule has 0 unspecified atom stereocenters. The van der Waals surface area contributed by atoms with Gasteiger partial charge in [-0.25, -0.2) is 5.43 Å². The number of para-hydroxylation sites is 1. The Morgan fingerprint density at radius 2 is 1.55 bits per heavy atom. The van der Waals surface area contributed by atoms with Gasteiger partial charge in [0.2, 0.25) is 0 Å². The smallest absolute Gasteiger partial charge is 0.288 e. The molecular formula is C24H21N3O2. The Bertz CT molecular complexity index is 1180. The molecule has 0 saturated carbocycles. The molecule has 144 valence electrons. The van der Waals surface area contributed by atoms with Crippen LogP contribution in [0.2, 0.25) is 0 Å². The second-order valence-corrected chi connectivity index (χ2v) is 6.64. The molecule has 0 aliphatic heterocycles. The maximum Gasteiger partial charge on any atom is 0.288 e. The molecule has 0 saturated heterocycles. The largest absolute Gasteiger partial charge is 0.497 e. The van der Waals surface area contributed by atoms with Crippen molar-refractivity contribution in [2.45, 2.75) is 0 Å². The number of hydrazone groups is 1. The van der Waals surface area contributed by atoms with Gasteiger partial charge >= 0.3 is 0 Å². The summed E-state index contributed by atoms with van der Waals surface area (Å²) >= 11 is 0. The summed E-state index contributed by atoms with van der Waals surface area (Å²) in [7, 11) is 3.51. The van der Waals surface area contributed by atoms with Crippen molar-refractivity contribution in [1.82, 2.24) is 9.99 Å². The Hall–Kier alpha value is -3.86. The summed E-state index contributed by atoms with van der Waals surface area (Å²) in [5, 5.41) is 5.49. The van der Waals surface area contributed by atoms with Crippen LogP contribution in [-0.4, -0.2) is 23.3 Å². The molecule has 0 atom stereocenters. The second kappa shape index (κ2) is 8.02. The highest BCUT2D eigenvalue weighted by Gasteiger charge is 2.14. The van der Waals surface area contributed by atoms with Crippen LogP contribution in [-0.2, 0) is 7.05 Å². The zero-order valence-electron chi connectivity index (χ0n) is 16.3. The van der Waals surface area contributed by atoms with Crippen molar-refractivity contribution in [2.24, 2.45) is 12.1 Å². The van der Waals surface area contributed by atoms with Gasteiger partial charge in [-0.1, -0.05) is 48.5 Å². The quantitative estimate of drug-likeness (QED) is 0.411. The summed E-state index contributed by atoms with van der Waals surface area (Å²) in [5.74, 6) is 0.506. The topological polar surface area (TPSA) is 55.6 Å². The lowest BCUT2D eigenvalue weighted by molar-refractivity contribution is 0.0947. The summed E-state index contributed by atoms with van der Waals surface area (Å²) in [6.07, 6.45) is 0. The third-order valence-electron chi connectivity index (χ3n) is 4.86. The van der Waals surface area contributed by atoms with Crippen molar-refractivity contribution in [3.05, 3.63) is 102 Å². The zero-order valence-corrected chi connectivity index (χ0v) is 16.3. The molecule has 4 rings (SSSR count). The second-order valence-electron chi connectivity index (χ2n) is 6.64. The maximum absolute atomic E-state index is 12.8. The van der Waals surface area contributed by atoms with Crippen molar-refractivity contribution in [1.29, 1.82) is 0 Å². The van der Waals surface area contributed by atoms with Gasteiger partial charge in [0, 0.05) is 29.1 Å². The number of aryl methyl sites for hydroxylation is 1. The Labute approximate surface area is 169 Å². The van der Waals surface area contributed by atoms with E-state index in [-0.39, 0.29) is 5.91 Å². The average molecular weight is 383 g/mol. The number of benzene rings is 3. The Morgan fingerprint density at radius 1 is 0.897 bits per heavy atom. The van der Waals surface area contributed by atoms with Crippen molar-refractivity contribution < 1.29 is 9.53 Å². The maximum atomic E-state index is 12.8. The number of carbonyl (C=O) groups is 1. The number of methoxy groups -OCH3 is 1. The number of hydrogen-bond donors (Lipinski definition) is 1. The van der Waals surface area contributed by atoms with Crippen LogP contribution < -0.4 is 10.2 Å². The Balaban J connectivity index is 1.68. The highest BCUT2D eigenvalue weighted by Crippen LogP contribution is 2.19. The standard InChI is InChI=1S/C24H21N3O2/c1-27-21-11-7-6-10-19(21)16-22(27)24(28)26-25-23(17-8-4-3-5-9-17)18-12-14-20(29-2)15-13-18/h3-16H,1-2H3,(H,26,28)/b25-23-. The molecule has 0 radical (unpaired) electrons. The van der Waals surface area contributed by atoms with E-state index in [2.05, 4.69) is 10.5 Å². The van der Waals surface area contributed by atoms with Gasteiger partial charge in [0.25, 0.3) is 5.91 Å². The van der Waals surface area contributed by atoms with Crippen LogP contribution in [0.15, 0.2) is 90.0 Å². The molecule has 5 heteroatoms. The molecule has 0 aliphatic carbocycles. The summed E-state index contributed by atoms with van der Waals surface area (Å²) < 4.78 is 7.11. The fourth-order valence-corrected chi connectivity index (χ4v) is 3.31. The number of rotatable bonds is 5. The van der Waals surface area contributed by atoms with Crippen LogP contribution in [0.4, 0.5) is 0 Å². The minimum atomic E-state index is -0.259. The first kappa shape index (κ1) is 18.5. The van der Waals surface area contributed by atoms with Crippen molar-refractivity contribution in [3.63, 3.8) is 0 Å². The van der Waals surface area contributed by atoms with E-state index in [9.17, 15) is 4.79 Å². The van der Waals surface area contributed by atoms with Gasteiger partial charge in [0.1, 0.15) is 11.4 Å². The molecule has 0 spiro atoms. The number of nitrogens with one attached hydrogen (secondary N) is 1. The fourth-order valence-electron chi connectivity index (χ4n) is 3.31. The number of ether oxygens (including phenoxy) is 1. The van der Waals surface area contributed by atoms with Crippen LogP contribution in [0.3, 0.4) is 0 Å². The van der Waals surface area contributed by atoms with E-state index in [0.717, 1.165) is 27.8 Å². The highest BCUT2D eigenvalue weighted by molar-refractivity contribution is 6.13. The van der Waals surface area contributed by atoms with Crippen molar-refractivity contribution in [3.8, 4) is 5.75 Å². The SMILES string of the molecule is COc1ccc(/C(=N\NC(=O)c2cc3ccccc3n2C)c2ccccc2)cc1. The number of nitrogens with zero attached hydrogens (tertiary/aromatic N) is 2. The summed E-state index contributed by atoms with van der Waals surface area (Å²) in [6, 6.07) is 27.1. The third-order valence-corrected chi connectivity index (χ3v) is 4.86. The van der Waals surface area contributed by atoms with Crippen LogP contribution in [0.5, 0.6) is 5.75 Å². The molecule has 1 N–H and O–H groups in total. The minimum absolute atomic E-state index is 0.259. The first-order valence-electron chi connectivity index (χ1n) is 9.29. The van der Waals surface area contributed by atoms with Crippen LogP contribution in [0.1, 0.15) is 21.6 Å². The molecular weight excluding hydrogens is 362 g/mol. The van der Waals surface area contributed by atoms with E-state index in [1.165, 1.54) is 0 Å². The predicted molar refractivity (Wildman–Crippen MR) is 115 cm³/mol.